The zero-order valence-corrected chi connectivity index (χ0v) is 19.7. The monoisotopic (exact) mass is 473 g/mol. The average Bonchev–Trinajstić information content (AvgIpc) is 2.79. The highest BCUT2D eigenvalue weighted by atomic mass is 16.3. The molecule has 0 unspecified atom stereocenters. The van der Waals surface area contributed by atoms with E-state index in [1.54, 1.807) is 38.1 Å². The summed E-state index contributed by atoms with van der Waals surface area (Å²) in [6, 6.07) is 4.20. The Hall–Kier alpha value is -3.58. The molecule has 2 atom stereocenters. The molecule has 0 fully saturated rings. The van der Waals surface area contributed by atoms with E-state index in [4.69, 9.17) is 17.3 Å². The lowest BCUT2D eigenvalue weighted by Crippen LogP contribution is -2.54. The first kappa shape index (κ1) is 28.5. The summed E-state index contributed by atoms with van der Waals surface area (Å²) in [5, 5.41) is 19.8. The molecule has 0 aliphatic rings. The molecule has 7 N–H and O–H groups in total. The maximum Gasteiger partial charge on any atom is 0.312 e. The molecule has 10 nitrogen and oxygen atoms in total. The Morgan fingerprint density at radius 3 is 2.29 bits per heavy atom. The summed E-state index contributed by atoms with van der Waals surface area (Å²) in [5.41, 5.74) is 6.26. The molecule has 10 heteroatoms. The molecule has 1 aromatic rings. The number of amides is 5. The second-order valence-corrected chi connectivity index (χ2v) is 8.19. The molecule has 5 amide bonds. The second-order valence-electron chi connectivity index (χ2n) is 8.19. The van der Waals surface area contributed by atoms with Gasteiger partial charge in [-0.15, -0.1) is 12.3 Å². The highest BCUT2D eigenvalue weighted by molar-refractivity contribution is 5.98. The number of hydrogen-bond donors (Lipinski definition) is 6. The number of terminal acetylenes is 1. The first-order valence-corrected chi connectivity index (χ1v) is 11.2. The summed E-state index contributed by atoms with van der Waals surface area (Å²) in [7, 11) is 0. The Bertz CT molecular complexity index is 863. The van der Waals surface area contributed by atoms with Crippen molar-refractivity contribution >= 4 is 29.4 Å². The molecule has 0 aromatic heterocycles. The lowest BCUT2D eigenvalue weighted by molar-refractivity contribution is -0.132. The van der Waals surface area contributed by atoms with Gasteiger partial charge in [0.15, 0.2) is 0 Å². The highest BCUT2D eigenvalue weighted by Gasteiger charge is 2.28. The quantitative estimate of drug-likeness (QED) is 0.175. The number of benzene rings is 1. The molecular formula is C24H35N5O5. The number of nitrogens with two attached hydrogens (primary N) is 1. The van der Waals surface area contributed by atoms with Gasteiger partial charge >= 0.3 is 6.03 Å². The number of carbonyl (C=O) groups excluding carboxylic acids is 4. The SMILES string of the molecule is C#CCCCC(=O)N[C@H](C(=O)N[C@@H](CCCNC(N)=O)C(=O)Nc1ccc(CO)cc1)C(C)C. The third-order valence-electron chi connectivity index (χ3n) is 5.00. The van der Waals surface area contributed by atoms with Crippen LogP contribution >= 0.6 is 0 Å². The lowest BCUT2D eigenvalue weighted by atomic mass is 10.0. The maximum absolute atomic E-state index is 13.0. The van der Waals surface area contributed by atoms with Gasteiger partial charge in [-0.3, -0.25) is 14.4 Å². The van der Waals surface area contributed by atoms with Crippen molar-refractivity contribution < 1.29 is 24.3 Å². The van der Waals surface area contributed by atoms with Crippen molar-refractivity contribution in [2.75, 3.05) is 11.9 Å². The molecule has 0 bridgehead atoms. The highest BCUT2D eigenvalue weighted by Crippen LogP contribution is 2.12. The van der Waals surface area contributed by atoms with Crippen molar-refractivity contribution in [1.29, 1.82) is 0 Å². The summed E-state index contributed by atoms with van der Waals surface area (Å²) < 4.78 is 0. The van der Waals surface area contributed by atoms with E-state index in [9.17, 15) is 19.2 Å². The van der Waals surface area contributed by atoms with E-state index < -0.39 is 29.9 Å². The van der Waals surface area contributed by atoms with Crippen molar-refractivity contribution in [3.63, 3.8) is 0 Å². The fraction of sp³-hybridized carbons (Fsp3) is 0.500. The third-order valence-corrected chi connectivity index (χ3v) is 5.00. The minimum Gasteiger partial charge on any atom is -0.392 e. The van der Waals surface area contributed by atoms with Crippen molar-refractivity contribution in [3.05, 3.63) is 29.8 Å². The first-order valence-electron chi connectivity index (χ1n) is 11.2. The summed E-state index contributed by atoms with van der Waals surface area (Å²) in [6.45, 7) is 3.70. The summed E-state index contributed by atoms with van der Waals surface area (Å²) in [4.78, 5) is 49.0. The molecule has 1 aromatic carbocycles. The van der Waals surface area contributed by atoms with Crippen LogP contribution in [0.1, 0.15) is 51.5 Å². The predicted octanol–water partition coefficient (Wildman–Crippen LogP) is 0.995. The average molecular weight is 474 g/mol. The van der Waals surface area contributed by atoms with Crippen molar-refractivity contribution in [2.24, 2.45) is 11.7 Å². The van der Waals surface area contributed by atoms with Crippen LogP contribution in [0.5, 0.6) is 0 Å². The number of unbranched alkanes of at least 4 members (excludes halogenated alkanes) is 1. The number of urea groups is 1. The number of aliphatic hydroxyl groups excluding tert-OH is 1. The van der Waals surface area contributed by atoms with Crippen LogP contribution in [0.4, 0.5) is 10.5 Å². The van der Waals surface area contributed by atoms with Crippen molar-refractivity contribution in [3.8, 4) is 12.3 Å². The Morgan fingerprint density at radius 2 is 1.74 bits per heavy atom. The van der Waals surface area contributed by atoms with Gasteiger partial charge < -0.3 is 32.1 Å². The molecular weight excluding hydrogens is 438 g/mol. The van der Waals surface area contributed by atoms with E-state index in [1.165, 1.54) is 0 Å². The van der Waals surface area contributed by atoms with Crippen molar-refractivity contribution in [1.82, 2.24) is 16.0 Å². The number of rotatable bonds is 14. The summed E-state index contributed by atoms with van der Waals surface area (Å²) in [5.74, 6) is 1.02. The molecule has 0 heterocycles. The Kier molecular flexibility index (Phi) is 12.8. The number of primary amides is 1. The summed E-state index contributed by atoms with van der Waals surface area (Å²) in [6.07, 6.45) is 7.00. The lowest BCUT2D eigenvalue weighted by Gasteiger charge is -2.25. The number of anilines is 1. The molecule has 1 rings (SSSR count). The molecule has 0 aliphatic heterocycles. The molecule has 0 aliphatic carbocycles. The molecule has 0 saturated heterocycles. The van der Waals surface area contributed by atoms with E-state index in [0.29, 0.717) is 30.5 Å². The smallest absolute Gasteiger partial charge is 0.312 e. The molecule has 0 spiro atoms. The Morgan fingerprint density at radius 1 is 1.06 bits per heavy atom. The number of nitrogens with one attached hydrogen (secondary N) is 4. The van der Waals surface area contributed by atoms with Crippen molar-refractivity contribution in [2.45, 2.75) is 64.6 Å². The third kappa shape index (κ3) is 10.8. The number of aliphatic hydroxyl groups is 1. The second kappa shape index (κ2) is 15.3. The van der Waals surface area contributed by atoms with Crippen LogP contribution in [0.15, 0.2) is 24.3 Å². The van der Waals surface area contributed by atoms with Crippen LogP contribution in [0, 0.1) is 18.3 Å². The Balaban J connectivity index is 2.87. The van der Waals surface area contributed by atoms with Gasteiger partial charge in [0.2, 0.25) is 17.7 Å². The van der Waals surface area contributed by atoms with Crippen LogP contribution in [0.2, 0.25) is 0 Å². The standard InChI is InChI=1S/C24H35N5O5/c1-4-5-6-9-20(31)29-21(16(2)3)23(33)28-19(8-7-14-26-24(25)34)22(32)27-18-12-10-17(15-30)11-13-18/h1,10-13,16,19,21,30H,5-9,14-15H2,2-3H3,(H,27,32)(H,28,33)(H,29,31)(H3,25,26,34)/t19-,21-/m0/s1. The zero-order valence-electron chi connectivity index (χ0n) is 19.7. The van der Waals surface area contributed by atoms with E-state index in [1.807, 2.05) is 0 Å². The molecule has 186 valence electrons. The van der Waals surface area contributed by atoms with Gasteiger partial charge in [0, 0.05) is 25.1 Å². The first-order chi connectivity index (χ1) is 16.2. The predicted molar refractivity (Wildman–Crippen MR) is 129 cm³/mol. The number of hydrogen-bond acceptors (Lipinski definition) is 5. The largest absolute Gasteiger partial charge is 0.392 e. The van der Waals surface area contributed by atoms with Crippen LogP contribution in [0.3, 0.4) is 0 Å². The van der Waals surface area contributed by atoms with E-state index in [2.05, 4.69) is 27.2 Å². The number of carbonyl (C=O) groups is 4. The van der Waals surface area contributed by atoms with Crippen LogP contribution in [-0.4, -0.2) is 47.5 Å². The Labute approximate surface area is 200 Å². The summed E-state index contributed by atoms with van der Waals surface area (Å²) >= 11 is 0. The van der Waals surface area contributed by atoms with Crippen LogP contribution in [-0.2, 0) is 21.0 Å². The van der Waals surface area contributed by atoms with Gasteiger partial charge in [-0.25, -0.2) is 4.79 Å². The normalized spacial score (nSPS) is 12.2. The molecule has 0 saturated carbocycles. The van der Waals surface area contributed by atoms with E-state index in [0.717, 1.165) is 0 Å². The fourth-order valence-electron chi connectivity index (χ4n) is 3.10. The molecule has 0 radical (unpaired) electrons. The minimum atomic E-state index is -0.917. The van der Waals surface area contributed by atoms with E-state index in [-0.39, 0.29) is 37.8 Å². The van der Waals surface area contributed by atoms with E-state index >= 15 is 0 Å². The van der Waals surface area contributed by atoms with Gasteiger partial charge in [-0.2, -0.15) is 0 Å². The van der Waals surface area contributed by atoms with Gasteiger partial charge in [-0.05, 0) is 42.9 Å². The molecule has 34 heavy (non-hydrogen) atoms. The van der Waals surface area contributed by atoms with Gasteiger partial charge in [0.25, 0.3) is 0 Å². The minimum absolute atomic E-state index is 0.120. The van der Waals surface area contributed by atoms with Crippen LogP contribution < -0.4 is 27.0 Å². The topological polar surface area (TPSA) is 163 Å². The van der Waals surface area contributed by atoms with Crippen LogP contribution in [0.25, 0.3) is 0 Å². The van der Waals surface area contributed by atoms with Gasteiger partial charge in [-0.1, -0.05) is 26.0 Å². The van der Waals surface area contributed by atoms with Gasteiger partial charge in [0.1, 0.15) is 12.1 Å². The zero-order chi connectivity index (χ0) is 25.5. The van der Waals surface area contributed by atoms with Gasteiger partial charge in [0.05, 0.1) is 6.61 Å². The maximum atomic E-state index is 13.0. The fourth-order valence-corrected chi connectivity index (χ4v) is 3.10.